The zero-order valence-corrected chi connectivity index (χ0v) is 16.4. The van der Waals surface area contributed by atoms with E-state index in [1.165, 1.54) is 5.56 Å². The Morgan fingerprint density at radius 1 is 1.04 bits per heavy atom. The maximum Gasteiger partial charge on any atom is 0.523 e. The van der Waals surface area contributed by atoms with Crippen LogP contribution in [-0.4, -0.2) is 56.4 Å². The first kappa shape index (κ1) is 20.3. The van der Waals surface area contributed by atoms with E-state index >= 15 is 0 Å². The van der Waals surface area contributed by atoms with Gasteiger partial charge in [0.25, 0.3) is 0 Å². The highest BCUT2D eigenvalue weighted by molar-refractivity contribution is 7.84. The van der Waals surface area contributed by atoms with Crippen LogP contribution >= 0.6 is 0 Å². The molecule has 0 spiro atoms. The summed E-state index contributed by atoms with van der Waals surface area (Å²) >= 11 is 0. The highest BCUT2D eigenvalue weighted by Crippen LogP contribution is 2.36. The second-order valence-electron chi connectivity index (χ2n) is 6.71. The van der Waals surface area contributed by atoms with Gasteiger partial charge in [-0.1, -0.05) is 36.4 Å². The molecule has 1 saturated heterocycles. The molecule has 0 saturated carbocycles. The van der Waals surface area contributed by atoms with Crippen LogP contribution in [-0.2, 0) is 16.7 Å². The summed E-state index contributed by atoms with van der Waals surface area (Å²) in [5.41, 5.74) is 3.27. The van der Waals surface area contributed by atoms with E-state index in [-0.39, 0.29) is 6.09 Å². The third-order valence-corrected chi connectivity index (χ3v) is 4.46. The summed E-state index contributed by atoms with van der Waals surface area (Å²) in [6, 6.07) is 16.5. The van der Waals surface area contributed by atoms with Crippen molar-refractivity contribution in [3.63, 3.8) is 0 Å². The van der Waals surface area contributed by atoms with Crippen molar-refractivity contribution in [2.45, 2.75) is 6.54 Å². The molecule has 2 N–H and O–H groups in total. The Kier molecular flexibility index (Phi) is 6.30. The van der Waals surface area contributed by atoms with E-state index in [4.69, 9.17) is 17.7 Å². The van der Waals surface area contributed by atoms with Crippen molar-refractivity contribution in [2.24, 2.45) is 0 Å². The number of anilines is 1. The number of quaternary nitrogens is 1. The normalized spacial score (nSPS) is 16.8. The largest absolute Gasteiger partial charge is 0.748 e. The number of ether oxygens (including phenoxy) is 1. The molecule has 2 aromatic carbocycles. The topological polar surface area (TPSA) is 107 Å². The second-order valence-corrected chi connectivity index (χ2v) is 8.12. The molecule has 8 nitrogen and oxygen atoms in total. The van der Waals surface area contributed by atoms with Crippen LogP contribution in [0.1, 0.15) is 5.56 Å². The van der Waals surface area contributed by atoms with Crippen molar-refractivity contribution in [1.82, 2.24) is 4.90 Å². The van der Waals surface area contributed by atoms with Crippen LogP contribution in [0.4, 0.5) is 16.2 Å². The smallest absolute Gasteiger partial charge is 0.523 e. The van der Waals surface area contributed by atoms with Crippen LogP contribution in [0.2, 0.25) is 0 Å². The summed E-state index contributed by atoms with van der Waals surface area (Å²) in [7, 11) is -3.92. The van der Waals surface area contributed by atoms with Gasteiger partial charge in [-0.25, -0.2) is 13.7 Å². The minimum Gasteiger partial charge on any atom is -0.748 e. The second kappa shape index (κ2) is 8.70. The molecule has 1 amide bonds. The minimum absolute atomic E-state index is 0.268. The van der Waals surface area contributed by atoms with Gasteiger partial charge in [0, 0.05) is 45.0 Å². The van der Waals surface area contributed by atoms with E-state index in [9.17, 15) is 4.79 Å². The van der Waals surface area contributed by atoms with Gasteiger partial charge in [0.05, 0.1) is 15.8 Å². The zero-order valence-electron chi connectivity index (χ0n) is 15.6. The molecule has 2 aromatic rings. The van der Waals surface area contributed by atoms with Gasteiger partial charge in [-0.15, -0.1) is 0 Å². The molecule has 0 aliphatic carbocycles. The number of amides is 1. The first-order valence-corrected chi connectivity index (χ1v) is 10.7. The van der Waals surface area contributed by atoms with Crippen molar-refractivity contribution in [3.8, 4) is 5.75 Å². The lowest BCUT2D eigenvalue weighted by atomic mass is 10.1. The monoisotopic (exact) mass is 405 g/mol. The number of rotatable bonds is 3. The van der Waals surface area contributed by atoms with Gasteiger partial charge >= 0.3 is 6.09 Å². The Balaban J connectivity index is 0.000000403. The quantitative estimate of drug-likeness (QED) is 0.597. The van der Waals surface area contributed by atoms with Crippen molar-refractivity contribution in [3.05, 3.63) is 54.1 Å². The number of benzene rings is 2. The number of carbonyl (C=O) groups is 1. The molecule has 2 aliphatic heterocycles. The van der Waals surface area contributed by atoms with Gasteiger partial charge in [-0.2, -0.15) is 4.79 Å². The standard InChI is InChI=1S/C18H19N3O2.CH4O3S/c22-18-19-15-7-4-8-16(17(15)23-18)21-11-9-20(10-12-21)13-14-5-2-1-3-6-14;1-5(2,3)4/h1-8H,9-13H2,(H,19,22);1H3,(H,2,3,4). The van der Waals surface area contributed by atoms with Crippen LogP contribution in [0, 0.1) is 0 Å². The average Bonchev–Trinajstić information content (AvgIpc) is 3.02. The number of nitrogens with two attached hydrogens (primary N) is 1. The molecule has 1 fully saturated rings. The summed E-state index contributed by atoms with van der Waals surface area (Å²) in [5, 5.41) is 1.56. The third kappa shape index (κ3) is 5.77. The van der Waals surface area contributed by atoms with Gasteiger partial charge in [0.15, 0.2) is 5.69 Å². The molecule has 28 heavy (non-hydrogen) atoms. The fourth-order valence-electron chi connectivity index (χ4n) is 3.26. The van der Waals surface area contributed by atoms with Gasteiger partial charge in [0.1, 0.15) is 0 Å². The van der Waals surface area contributed by atoms with E-state index < -0.39 is 10.1 Å². The molecule has 0 aromatic heterocycles. The molecule has 9 heteroatoms. The first-order chi connectivity index (χ1) is 13.3. The molecule has 0 bridgehead atoms. The average molecular weight is 405 g/mol. The lowest BCUT2D eigenvalue weighted by Gasteiger charge is -2.36. The molecule has 2 heterocycles. The highest BCUT2D eigenvalue weighted by atomic mass is 32.2. The molecule has 0 radical (unpaired) electrons. The van der Waals surface area contributed by atoms with Crippen molar-refractivity contribution >= 4 is 27.6 Å². The molecule has 0 unspecified atom stereocenters. The van der Waals surface area contributed by atoms with E-state index in [0.717, 1.165) is 44.1 Å². The highest BCUT2D eigenvalue weighted by Gasteiger charge is 2.31. The van der Waals surface area contributed by atoms with E-state index in [0.29, 0.717) is 12.0 Å². The Morgan fingerprint density at radius 3 is 2.32 bits per heavy atom. The van der Waals surface area contributed by atoms with E-state index in [1.807, 2.05) is 18.2 Å². The van der Waals surface area contributed by atoms with Crippen molar-refractivity contribution in [2.75, 3.05) is 37.3 Å². The molecule has 4 rings (SSSR count). The summed E-state index contributed by atoms with van der Waals surface area (Å²) in [5.74, 6) is 0.717. The van der Waals surface area contributed by atoms with Gasteiger partial charge in [-0.3, -0.25) is 4.90 Å². The number of para-hydroxylation sites is 1. The number of carbonyl (C=O) groups excluding carboxylic acids is 1. The molecular weight excluding hydrogens is 382 g/mol. The Bertz CT molecular complexity index is 918. The van der Waals surface area contributed by atoms with Crippen LogP contribution in [0.5, 0.6) is 5.75 Å². The first-order valence-electron chi connectivity index (χ1n) is 8.91. The summed E-state index contributed by atoms with van der Waals surface area (Å²) in [4.78, 5) is 16.3. The van der Waals surface area contributed by atoms with Gasteiger partial charge in [-0.05, 0) is 11.6 Å². The van der Waals surface area contributed by atoms with Crippen molar-refractivity contribution < 1.29 is 27.8 Å². The number of fused-ring (bicyclic) bond motifs is 1. The fourth-order valence-corrected chi connectivity index (χ4v) is 3.26. The zero-order chi connectivity index (χ0) is 20.1. The lowest BCUT2D eigenvalue weighted by Crippen LogP contribution is -2.80. The summed E-state index contributed by atoms with van der Waals surface area (Å²) in [6.45, 7) is 4.90. The molecule has 0 atom stereocenters. The van der Waals surface area contributed by atoms with Crippen molar-refractivity contribution in [1.29, 1.82) is 0 Å². The molecule has 2 aliphatic rings. The van der Waals surface area contributed by atoms with Crippen LogP contribution in [0.25, 0.3) is 0 Å². The fraction of sp³-hybridized carbons (Fsp3) is 0.316. The van der Waals surface area contributed by atoms with Gasteiger partial charge in [0.2, 0.25) is 5.75 Å². The minimum atomic E-state index is -3.92. The predicted molar refractivity (Wildman–Crippen MR) is 104 cm³/mol. The van der Waals surface area contributed by atoms with Gasteiger partial charge < -0.3 is 14.2 Å². The third-order valence-electron chi connectivity index (χ3n) is 4.46. The lowest BCUT2D eigenvalue weighted by molar-refractivity contribution is -0.464. The van der Waals surface area contributed by atoms with Crippen LogP contribution < -0.4 is 15.0 Å². The van der Waals surface area contributed by atoms with E-state index in [2.05, 4.69) is 40.1 Å². The summed E-state index contributed by atoms with van der Waals surface area (Å²) < 4.78 is 32.6. The maximum atomic E-state index is 11.5. The number of piperazine rings is 1. The number of nitrogens with zero attached hydrogens (tertiary/aromatic N) is 2. The number of hydrogen-bond donors (Lipinski definition) is 1. The Hall–Kier alpha value is -2.46. The molecule has 150 valence electrons. The number of hydrogen-bond acceptors (Lipinski definition) is 7. The van der Waals surface area contributed by atoms with Crippen LogP contribution in [0.3, 0.4) is 0 Å². The van der Waals surface area contributed by atoms with E-state index in [1.54, 1.807) is 5.32 Å². The number of primary amides is 1. The Morgan fingerprint density at radius 2 is 1.68 bits per heavy atom. The Labute approximate surface area is 164 Å². The summed E-state index contributed by atoms with van der Waals surface area (Å²) in [6.07, 6.45) is 0.336. The predicted octanol–water partition coefficient (Wildman–Crippen LogP) is 0.878. The molecular formula is C19H23N3O5S. The SMILES string of the molecule is CS(=O)(=O)[O-].O=C1[NH2+]c2cccc(N3CCN(Cc4ccccc4)CC3)c2O1. The maximum absolute atomic E-state index is 11.5. The van der Waals surface area contributed by atoms with Crippen LogP contribution in [0.15, 0.2) is 48.5 Å².